The Morgan fingerprint density at radius 1 is 1.37 bits per heavy atom. The van der Waals surface area contributed by atoms with Crippen LogP contribution in [0.1, 0.15) is 10.4 Å². The topological polar surface area (TPSA) is 76.2 Å². The lowest BCUT2D eigenvalue weighted by Gasteiger charge is -2.12. The van der Waals surface area contributed by atoms with E-state index in [1.807, 2.05) is 0 Å². The molecule has 2 rings (SSSR count). The number of benzene rings is 1. The number of aromatic nitrogens is 2. The van der Waals surface area contributed by atoms with Crippen molar-refractivity contribution in [3.8, 4) is 11.5 Å². The van der Waals surface area contributed by atoms with Gasteiger partial charge in [0.25, 0.3) is 5.91 Å². The zero-order chi connectivity index (χ0) is 13.8. The third kappa shape index (κ3) is 2.87. The highest BCUT2D eigenvalue weighted by atomic mass is 79.9. The standard InChI is InChI=1S/C12H12BrN3O3/c1-18-7-5-8(11(19-2)9(13)6-7)12(17)15-10-3-4-14-16-10/h3-6H,1-2H3,(H2,14,15,16,17). The highest BCUT2D eigenvalue weighted by Gasteiger charge is 2.17. The second-order valence-corrected chi connectivity index (χ2v) is 4.47. The van der Waals surface area contributed by atoms with Crippen LogP contribution in [0.5, 0.6) is 11.5 Å². The second-order valence-electron chi connectivity index (χ2n) is 3.61. The minimum atomic E-state index is -0.319. The minimum Gasteiger partial charge on any atom is -0.497 e. The Morgan fingerprint density at radius 3 is 2.74 bits per heavy atom. The van der Waals surface area contributed by atoms with E-state index in [1.165, 1.54) is 14.2 Å². The lowest BCUT2D eigenvalue weighted by atomic mass is 10.1. The Kier molecular flexibility index (Phi) is 4.06. The van der Waals surface area contributed by atoms with Gasteiger partial charge in [0.1, 0.15) is 17.3 Å². The quantitative estimate of drug-likeness (QED) is 0.905. The molecule has 0 fully saturated rings. The zero-order valence-electron chi connectivity index (χ0n) is 10.4. The molecule has 100 valence electrons. The molecule has 0 saturated carbocycles. The molecule has 7 heteroatoms. The lowest BCUT2D eigenvalue weighted by molar-refractivity contribution is 0.102. The fourth-order valence-corrected chi connectivity index (χ4v) is 2.18. The van der Waals surface area contributed by atoms with Crippen LogP contribution in [0.2, 0.25) is 0 Å². The minimum absolute atomic E-state index is 0.319. The molecule has 0 unspecified atom stereocenters. The van der Waals surface area contributed by atoms with E-state index in [1.54, 1.807) is 24.4 Å². The SMILES string of the molecule is COc1cc(Br)c(OC)c(C(=O)Nc2ccn[nH]2)c1. The first-order valence-electron chi connectivity index (χ1n) is 5.38. The van der Waals surface area contributed by atoms with Crippen molar-refractivity contribution in [3.05, 3.63) is 34.4 Å². The number of rotatable bonds is 4. The Balaban J connectivity index is 2.36. The van der Waals surface area contributed by atoms with Crippen LogP contribution in [0, 0.1) is 0 Å². The highest BCUT2D eigenvalue weighted by molar-refractivity contribution is 9.10. The predicted molar refractivity (Wildman–Crippen MR) is 73.8 cm³/mol. The first-order valence-corrected chi connectivity index (χ1v) is 6.17. The largest absolute Gasteiger partial charge is 0.497 e. The lowest BCUT2D eigenvalue weighted by Crippen LogP contribution is -2.14. The van der Waals surface area contributed by atoms with Gasteiger partial charge in [-0.05, 0) is 28.1 Å². The smallest absolute Gasteiger partial charge is 0.260 e. The van der Waals surface area contributed by atoms with E-state index in [0.717, 1.165) is 0 Å². The summed E-state index contributed by atoms with van der Waals surface area (Å²) in [7, 11) is 3.03. The summed E-state index contributed by atoms with van der Waals surface area (Å²) >= 11 is 3.34. The molecule has 1 aromatic carbocycles. The van der Waals surface area contributed by atoms with Gasteiger partial charge in [-0.1, -0.05) is 0 Å². The maximum atomic E-state index is 12.2. The van der Waals surface area contributed by atoms with Crippen LogP contribution < -0.4 is 14.8 Å². The molecule has 0 aliphatic carbocycles. The van der Waals surface area contributed by atoms with Gasteiger partial charge < -0.3 is 14.8 Å². The van der Waals surface area contributed by atoms with Crippen molar-refractivity contribution in [1.29, 1.82) is 0 Å². The van der Waals surface area contributed by atoms with Crippen molar-refractivity contribution in [2.24, 2.45) is 0 Å². The zero-order valence-corrected chi connectivity index (χ0v) is 11.9. The maximum absolute atomic E-state index is 12.2. The van der Waals surface area contributed by atoms with Gasteiger partial charge in [-0.2, -0.15) is 5.10 Å². The Hall–Kier alpha value is -2.02. The van der Waals surface area contributed by atoms with E-state index >= 15 is 0 Å². The van der Waals surface area contributed by atoms with Gasteiger partial charge in [0.2, 0.25) is 0 Å². The van der Waals surface area contributed by atoms with E-state index in [-0.39, 0.29) is 5.91 Å². The monoisotopic (exact) mass is 325 g/mol. The van der Waals surface area contributed by atoms with Gasteiger partial charge in [-0.3, -0.25) is 9.89 Å². The van der Waals surface area contributed by atoms with Crippen molar-refractivity contribution < 1.29 is 14.3 Å². The molecule has 1 aromatic heterocycles. The van der Waals surface area contributed by atoms with Crippen LogP contribution in [0.15, 0.2) is 28.9 Å². The second kappa shape index (κ2) is 5.75. The summed E-state index contributed by atoms with van der Waals surface area (Å²) in [6.07, 6.45) is 1.55. The van der Waals surface area contributed by atoms with Crippen LogP contribution in [-0.4, -0.2) is 30.3 Å². The van der Waals surface area contributed by atoms with E-state index in [0.29, 0.717) is 27.4 Å². The highest BCUT2D eigenvalue weighted by Crippen LogP contribution is 2.33. The molecule has 1 amide bonds. The average molecular weight is 326 g/mol. The Labute approximate surface area is 118 Å². The summed E-state index contributed by atoms with van der Waals surface area (Å²) in [4.78, 5) is 12.2. The molecule has 6 nitrogen and oxygen atoms in total. The normalized spacial score (nSPS) is 10.1. The van der Waals surface area contributed by atoms with Crippen LogP contribution in [-0.2, 0) is 0 Å². The third-order valence-electron chi connectivity index (χ3n) is 2.45. The average Bonchev–Trinajstić information content (AvgIpc) is 2.90. The molecule has 0 atom stereocenters. The fraction of sp³-hybridized carbons (Fsp3) is 0.167. The molecule has 1 heterocycles. The molecule has 2 aromatic rings. The summed E-state index contributed by atoms with van der Waals surface area (Å²) in [5, 5.41) is 9.09. The van der Waals surface area contributed by atoms with Crippen molar-refractivity contribution in [2.45, 2.75) is 0 Å². The van der Waals surface area contributed by atoms with Crippen LogP contribution in [0.3, 0.4) is 0 Å². The Bertz CT molecular complexity index is 584. The predicted octanol–water partition coefficient (Wildman–Crippen LogP) is 2.44. The van der Waals surface area contributed by atoms with Crippen LogP contribution in [0.4, 0.5) is 5.82 Å². The van der Waals surface area contributed by atoms with Crippen molar-refractivity contribution >= 4 is 27.7 Å². The van der Waals surface area contributed by atoms with E-state index < -0.39 is 0 Å². The first-order chi connectivity index (χ1) is 9.15. The number of anilines is 1. The van der Waals surface area contributed by atoms with Crippen molar-refractivity contribution in [1.82, 2.24) is 10.2 Å². The van der Waals surface area contributed by atoms with Gasteiger partial charge in [0.15, 0.2) is 0 Å². The molecule has 0 aliphatic rings. The molecular weight excluding hydrogens is 314 g/mol. The molecule has 0 saturated heterocycles. The van der Waals surface area contributed by atoms with Crippen LogP contribution in [0.25, 0.3) is 0 Å². The van der Waals surface area contributed by atoms with E-state index in [2.05, 4.69) is 31.4 Å². The molecule has 0 radical (unpaired) electrons. The first kappa shape index (κ1) is 13.4. The fourth-order valence-electron chi connectivity index (χ4n) is 1.58. The molecule has 19 heavy (non-hydrogen) atoms. The number of H-pyrrole nitrogens is 1. The Morgan fingerprint density at radius 2 is 2.16 bits per heavy atom. The van der Waals surface area contributed by atoms with Gasteiger partial charge in [-0.15, -0.1) is 0 Å². The van der Waals surface area contributed by atoms with Gasteiger partial charge in [0.05, 0.1) is 30.5 Å². The third-order valence-corrected chi connectivity index (χ3v) is 3.04. The number of halogens is 1. The number of carbonyl (C=O) groups is 1. The summed E-state index contributed by atoms with van der Waals surface area (Å²) in [5.74, 6) is 1.19. The number of hydrogen-bond donors (Lipinski definition) is 2. The maximum Gasteiger partial charge on any atom is 0.260 e. The number of hydrogen-bond acceptors (Lipinski definition) is 4. The molecule has 0 bridgehead atoms. The number of carbonyl (C=O) groups excluding carboxylic acids is 1. The summed E-state index contributed by atoms with van der Waals surface area (Å²) in [6.45, 7) is 0. The summed E-state index contributed by atoms with van der Waals surface area (Å²) < 4.78 is 11.0. The van der Waals surface area contributed by atoms with Crippen LogP contribution >= 0.6 is 15.9 Å². The molecule has 0 spiro atoms. The number of nitrogens with one attached hydrogen (secondary N) is 2. The van der Waals surface area contributed by atoms with Crippen molar-refractivity contribution in [2.75, 3.05) is 19.5 Å². The summed E-state index contributed by atoms with van der Waals surface area (Å²) in [5.41, 5.74) is 0.364. The molecular formula is C12H12BrN3O3. The number of ether oxygens (including phenoxy) is 2. The number of amides is 1. The van der Waals surface area contributed by atoms with Gasteiger partial charge in [-0.25, -0.2) is 0 Å². The molecule has 0 aliphatic heterocycles. The van der Waals surface area contributed by atoms with E-state index in [9.17, 15) is 4.79 Å². The number of methoxy groups -OCH3 is 2. The number of nitrogens with zero attached hydrogens (tertiary/aromatic N) is 1. The number of aromatic amines is 1. The van der Waals surface area contributed by atoms with E-state index in [4.69, 9.17) is 9.47 Å². The molecule has 2 N–H and O–H groups in total. The van der Waals surface area contributed by atoms with Gasteiger partial charge >= 0.3 is 0 Å². The summed E-state index contributed by atoms with van der Waals surface area (Å²) in [6, 6.07) is 4.99. The van der Waals surface area contributed by atoms with Crippen molar-refractivity contribution in [3.63, 3.8) is 0 Å². The van der Waals surface area contributed by atoms with Gasteiger partial charge in [0, 0.05) is 6.07 Å².